The lowest BCUT2D eigenvalue weighted by Gasteiger charge is -2.14. The van der Waals surface area contributed by atoms with Gasteiger partial charge in [-0.25, -0.2) is 4.39 Å². The van der Waals surface area contributed by atoms with Gasteiger partial charge in [-0.05, 0) is 40.5 Å². The summed E-state index contributed by atoms with van der Waals surface area (Å²) in [5, 5.41) is 19.4. The fourth-order valence-corrected chi connectivity index (χ4v) is 3.50. The standard InChI is InChI=1S/C26H16FN3/c27-21-12-10-18(11-13-21)17-6-8-20(9-7-17)23-14-22(19-4-2-1-3-5-19)24(15-28)26(30)25(23)16-29/h1-14H,30H2. The van der Waals surface area contributed by atoms with Gasteiger partial charge in [0.1, 0.15) is 18.0 Å². The maximum atomic E-state index is 13.2. The van der Waals surface area contributed by atoms with Gasteiger partial charge in [-0.3, -0.25) is 0 Å². The van der Waals surface area contributed by atoms with E-state index >= 15 is 0 Å². The number of nitriles is 2. The molecular weight excluding hydrogens is 373 g/mol. The number of nitrogen functional groups attached to an aromatic ring is 1. The van der Waals surface area contributed by atoms with Gasteiger partial charge in [0.15, 0.2) is 0 Å². The van der Waals surface area contributed by atoms with E-state index in [1.165, 1.54) is 12.1 Å². The van der Waals surface area contributed by atoms with Crippen LogP contribution in [0.4, 0.5) is 10.1 Å². The Labute approximate surface area is 174 Å². The molecule has 30 heavy (non-hydrogen) atoms. The summed E-state index contributed by atoms with van der Waals surface area (Å²) in [4.78, 5) is 0. The minimum Gasteiger partial charge on any atom is -0.397 e. The molecule has 4 heteroatoms. The average molecular weight is 389 g/mol. The van der Waals surface area contributed by atoms with Gasteiger partial charge in [-0.1, -0.05) is 66.7 Å². The second-order valence-corrected chi connectivity index (χ2v) is 6.81. The third-order valence-electron chi connectivity index (χ3n) is 5.05. The van der Waals surface area contributed by atoms with Crippen LogP contribution in [0.25, 0.3) is 33.4 Å². The molecule has 0 saturated heterocycles. The summed E-state index contributed by atoms with van der Waals surface area (Å²) < 4.78 is 13.2. The molecule has 0 aliphatic rings. The third-order valence-corrected chi connectivity index (χ3v) is 5.05. The van der Waals surface area contributed by atoms with Crippen LogP contribution in [0.2, 0.25) is 0 Å². The summed E-state index contributed by atoms with van der Waals surface area (Å²) >= 11 is 0. The third kappa shape index (κ3) is 3.39. The van der Waals surface area contributed by atoms with Crippen molar-refractivity contribution in [3.8, 4) is 45.5 Å². The first-order chi connectivity index (χ1) is 14.6. The Morgan fingerprint density at radius 2 is 1.03 bits per heavy atom. The minimum atomic E-state index is -0.282. The number of nitrogens with two attached hydrogens (primary N) is 1. The Balaban J connectivity index is 1.86. The SMILES string of the molecule is N#Cc1c(-c2ccccc2)cc(-c2ccc(-c3ccc(F)cc3)cc2)c(C#N)c1N. The van der Waals surface area contributed by atoms with Crippen molar-refractivity contribution in [3.05, 3.63) is 102 Å². The molecule has 0 saturated carbocycles. The molecule has 4 aromatic carbocycles. The van der Waals surface area contributed by atoms with Crippen molar-refractivity contribution in [1.82, 2.24) is 0 Å². The van der Waals surface area contributed by atoms with Crippen LogP contribution in [0, 0.1) is 28.5 Å². The Morgan fingerprint density at radius 1 is 0.600 bits per heavy atom. The van der Waals surface area contributed by atoms with E-state index in [1.807, 2.05) is 60.7 Å². The van der Waals surface area contributed by atoms with Gasteiger partial charge < -0.3 is 5.73 Å². The van der Waals surface area contributed by atoms with E-state index in [4.69, 9.17) is 5.73 Å². The smallest absolute Gasteiger partial charge is 0.123 e. The van der Waals surface area contributed by atoms with E-state index in [9.17, 15) is 14.9 Å². The first-order valence-corrected chi connectivity index (χ1v) is 9.31. The van der Waals surface area contributed by atoms with Crippen molar-refractivity contribution in [2.45, 2.75) is 0 Å². The van der Waals surface area contributed by atoms with Crippen molar-refractivity contribution in [2.75, 3.05) is 5.73 Å². The first-order valence-electron chi connectivity index (χ1n) is 9.31. The van der Waals surface area contributed by atoms with Crippen molar-refractivity contribution < 1.29 is 4.39 Å². The van der Waals surface area contributed by atoms with E-state index < -0.39 is 0 Å². The lowest BCUT2D eigenvalue weighted by atomic mass is 9.89. The predicted molar refractivity (Wildman–Crippen MR) is 117 cm³/mol. The number of hydrogen-bond donors (Lipinski definition) is 1. The number of anilines is 1. The fourth-order valence-electron chi connectivity index (χ4n) is 3.50. The van der Waals surface area contributed by atoms with Gasteiger partial charge in [0.05, 0.1) is 16.8 Å². The molecule has 0 fully saturated rings. The van der Waals surface area contributed by atoms with Crippen LogP contribution in [0.5, 0.6) is 0 Å². The molecule has 0 radical (unpaired) electrons. The molecule has 4 rings (SSSR count). The summed E-state index contributed by atoms with van der Waals surface area (Å²) in [6, 6.07) is 29.5. The van der Waals surface area contributed by atoms with Crippen LogP contribution >= 0.6 is 0 Å². The van der Waals surface area contributed by atoms with Crippen LogP contribution in [0.3, 0.4) is 0 Å². The molecule has 0 unspecified atom stereocenters. The molecule has 0 bridgehead atoms. The molecule has 0 aliphatic heterocycles. The monoisotopic (exact) mass is 389 g/mol. The van der Waals surface area contributed by atoms with Crippen molar-refractivity contribution in [2.24, 2.45) is 0 Å². The second kappa shape index (κ2) is 7.91. The Bertz CT molecular complexity index is 1290. The van der Waals surface area contributed by atoms with Gasteiger partial charge in [0.2, 0.25) is 0 Å². The van der Waals surface area contributed by atoms with E-state index in [0.29, 0.717) is 16.7 Å². The molecule has 2 N–H and O–H groups in total. The van der Waals surface area contributed by atoms with Crippen molar-refractivity contribution in [3.63, 3.8) is 0 Å². The molecule has 0 aliphatic carbocycles. The number of hydrogen-bond acceptors (Lipinski definition) is 3. The summed E-state index contributed by atoms with van der Waals surface area (Å²) in [5.41, 5.74) is 11.8. The van der Waals surface area contributed by atoms with Crippen LogP contribution < -0.4 is 5.73 Å². The maximum Gasteiger partial charge on any atom is 0.123 e. The zero-order valence-electron chi connectivity index (χ0n) is 15.9. The predicted octanol–water partition coefficient (Wildman–Crippen LogP) is 6.15. The highest BCUT2D eigenvalue weighted by molar-refractivity contribution is 5.89. The molecular formula is C26H16FN3. The minimum absolute atomic E-state index is 0.180. The Hall–Kier alpha value is -4.41. The highest BCUT2D eigenvalue weighted by Crippen LogP contribution is 2.37. The van der Waals surface area contributed by atoms with Crippen LogP contribution in [0.15, 0.2) is 84.9 Å². The average Bonchev–Trinajstić information content (AvgIpc) is 2.79. The molecule has 142 valence electrons. The van der Waals surface area contributed by atoms with Gasteiger partial charge in [-0.2, -0.15) is 10.5 Å². The molecule has 0 aromatic heterocycles. The number of rotatable bonds is 3. The van der Waals surface area contributed by atoms with Crippen LogP contribution in [-0.2, 0) is 0 Å². The normalized spacial score (nSPS) is 10.2. The number of benzene rings is 4. The lowest BCUT2D eigenvalue weighted by molar-refractivity contribution is 0.628. The van der Waals surface area contributed by atoms with Gasteiger partial charge in [0, 0.05) is 11.1 Å². The molecule has 0 spiro atoms. The number of nitrogens with zero attached hydrogens (tertiary/aromatic N) is 2. The van der Waals surface area contributed by atoms with E-state index in [-0.39, 0.29) is 17.1 Å². The fraction of sp³-hybridized carbons (Fsp3) is 0. The molecule has 3 nitrogen and oxygen atoms in total. The summed E-state index contributed by atoms with van der Waals surface area (Å²) in [7, 11) is 0. The summed E-state index contributed by atoms with van der Waals surface area (Å²) in [5.74, 6) is -0.282. The Morgan fingerprint density at radius 3 is 1.53 bits per heavy atom. The second-order valence-electron chi connectivity index (χ2n) is 6.81. The zero-order valence-corrected chi connectivity index (χ0v) is 15.9. The van der Waals surface area contributed by atoms with Crippen LogP contribution in [0.1, 0.15) is 11.1 Å². The molecule has 0 heterocycles. The van der Waals surface area contributed by atoms with Crippen molar-refractivity contribution >= 4 is 5.69 Å². The maximum absolute atomic E-state index is 13.2. The van der Waals surface area contributed by atoms with Gasteiger partial charge in [0.25, 0.3) is 0 Å². The molecule has 0 amide bonds. The lowest BCUT2D eigenvalue weighted by Crippen LogP contribution is -2.00. The Kier molecular flexibility index (Phi) is 4.99. The van der Waals surface area contributed by atoms with E-state index in [1.54, 1.807) is 12.1 Å². The molecule has 4 aromatic rings. The quantitative estimate of drug-likeness (QED) is 0.427. The highest BCUT2D eigenvalue weighted by Gasteiger charge is 2.18. The zero-order chi connectivity index (χ0) is 21.1. The van der Waals surface area contributed by atoms with Crippen molar-refractivity contribution in [1.29, 1.82) is 10.5 Å². The van der Waals surface area contributed by atoms with Crippen LogP contribution in [-0.4, -0.2) is 0 Å². The first kappa shape index (κ1) is 18.9. The highest BCUT2D eigenvalue weighted by atomic mass is 19.1. The van der Waals surface area contributed by atoms with E-state index in [2.05, 4.69) is 12.1 Å². The topological polar surface area (TPSA) is 73.6 Å². The van der Waals surface area contributed by atoms with E-state index in [0.717, 1.165) is 22.3 Å². The summed E-state index contributed by atoms with van der Waals surface area (Å²) in [6.07, 6.45) is 0. The largest absolute Gasteiger partial charge is 0.397 e. The molecule has 0 atom stereocenters. The van der Waals surface area contributed by atoms with Gasteiger partial charge in [-0.15, -0.1) is 0 Å². The van der Waals surface area contributed by atoms with Gasteiger partial charge >= 0.3 is 0 Å². The number of halogens is 1. The summed E-state index contributed by atoms with van der Waals surface area (Å²) in [6.45, 7) is 0.